The van der Waals surface area contributed by atoms with Crippen molar-refractivity contribution in [3.05, 3.63) is 94.7 Å². The lowest BCUT2D eigenvalue weighted by Crippen LogP contribution is -2.48. The molecule has 2 aromatic rings. The lowest BCUT2D eigenvalue weighted by Gasteiger charge is -2.36. The quantitative estimate of drug-likeness (QED) is 0.662. The Morgan fingerprint density at radius 1 is 1.21 bits per heavy atom. The molecular weight excluding hydrogens is 423 g/mol. The number of nitrogens with zero attached hydrogens (tertiary/aromatic N) is 2. The number of hydrogen-bond donors (Lipinski definition) is 2. The highest BCUT2D eigenvalue weighted by Crippen LogP contribution is 2.42. The van der Waals surface area contributed by atoms with Gasteiger partial charge in [-0.2, -0.15) is 0 Å². The summed E-state index contributed by atoms with van der Waals surface area (Å²) in [5, 5.41) is 3.24. The maximum atomic E-state index is 13.4. The topological polar surface area (TPSA) is 53.6 Å². The van der Waals surface area contributed by atoms with Crippen molar-refractivity contribution in [1.29, 1.82) is 0 Å². The minimum Gasteiger partial charge on any atom is -0.366 e. The average Bonchev–Trinajstić information content (AvgIpc) is 3.46. The number of benzene rings is 2. The molecule has 0 radical (unpaired) electrons. The van der Waals surface area contributed by atoms with Crippen molar-refractivity contribution in [3.8, 4) is 0 Å². The highest BCUT2D eigenvalue weighted by Gasteiger charge is 2.39. The van der Waals surface area contributed by atoms with Crippen molar-refractivity contribution in [2.24, 2.45) is 10.7 Å². The zero-order valence-electron chi connectivity index (χ0n) is 20.1. The van der Waals surface area contributed by atoms with Gasteiger partial charge in [0.25, 0.3) is 0 Å². The molecule has 176 valence electrons. The van der Waals surface area contributed by atoms with Gasteiger partial charge in [0.2, 0.25) is 0 Å². The van der Waals surface area contributed by atoms with Gasteiger partial charge in [-0.1, -0.05) is 43.8 Å². The number of anilines is 1. The molecule has 1 fully saturated rings. The van der Waals surface area contributed by atoms with E-state index >= 15 is 0 Å². The Morgan fingerprint density at radius 3 is 2.71 bits per heavy atom. The summed E-state index contributed by atoms with van der Waals surface area (Å²) in [5.41, 5.74) is 15.8. The number of alkyl halides is 1. The summed E-state index contributed by atoms with van der Waals surface area (Å²) in [4.78, 5) is 6.53. The van der Waals surface area contributed by atoms with E-state index in [-0.39, 0.29) is 5.41 Å². The van der Waals surface area contributed by atoms with Crippen LogP contribution in [0.3, 0.4) is 0 Å². The number of amidine groups is 1. The molecule has 4 nitrogen and oxygen atoms in total. The second-order valence-corrected chi connectivity index (χ2v) is 9.67. The monoisotopic (exact) mass is 456 g/mol. The third-order valence-electron chi connectivity index (χ3n) is 7.60. The van der Waals surface area contributed by atoms with Crippen LogP contribution in [0.15, 0.2) is 77.5 Å². The normalized spacial score (nSPS) is 24.2. The highest BCUT2D eigenvalue weighted by molar-refractivity contribution is 6.12. The van der Waals surface area contributed by atoms with E-state index in [2.05, 4.69) is 77.3 Å². The second kappa shape index (κ2) is 8.88. The van der Waals surface area contributed by atoms with E-state index in [1.165, 1.54) is 16.7 Å². The van der Waals surface area contributed by atoms with Gasteiger partial charge in [-0.05, 0) is 70.9 Å². The van der Waals surface area contributed by atoms with E-state index in [0.717, 1.165) is 53.1 Å². The number of allylic oxidation sites excluding steroid dienone is 2. The highest BCUT2D eigenvalue weighted by atomic mass is 19.1. The maximum absolute atomic E-state index is 13.4. The molecule has 2 heterocycles. The first-order valence-electron chi connectivity index (χ1n) is 12.1. The van der Waals surface area contributed by atoms with Crippen molar-refractivity contribution in [2.75, 3.05) is 31.6 Å². The molecular formula is C29H33FN4. The lowest BCUT2D eigenvalue weighted by molar-refractivity contribution is 0.275. The predicted octanol–water partition coefficient (Wildman–Crippen LogP) is 4.71. The number of hydrogen-bond acceptors (Lipinski definition) is 3. The summed E-state index contributed by atoms with van der Waals surface area (Å²) in [6.45, 7) is 8.07. The lowest BCUT2D eigenvalue weighted by atomic mass is 9.76. The van der Waals surface area contributed by atoms with Gasteiger partial charge in [0.05, 0.1) is 13.1 Å². The molecule has 1 unspecified atom stereocenters. The van der Waals surface area contributed by atoms with Gasteiger partial charge in [0, 0.05) is 36.5 Å². The van der Waals surface area contributed by atoms with Crippen molar-refractivity contribution >= 4 is 17.1 Å². The van der Waals surface area contributed by atoms with Crippen LogP contribution >= 0.6 is 0 Å². The number of rotatable bonds is 6. The first-order chi connectivity index (χ1) is 16.5. The number of fused-ring (bicyclic) bond motifs is 1. The summed E-state index contributed by atoms with van der Waals surface area (Å²) in [6.07, 6.45) is 5.98. The molecule has 1 saturated heterocycles. The Kier molecular flexibility index (Phi) is 5.90. The van der Waals surface area contributed by atoms with E-state index in [0.29, 0.717) is 19.6 Å². The van der Waals surface area contributed by atoms with E-state index in [4.69, 9.17) is 5.73 Å². The minimum absolute atomic E-state index is 0.150. The third kappa shape index (κ3) is 3.78. The molecule has 0 aromatic heterocycles. The molecule has 0 amide bonds. The first-order valence-corrected chi connectivity index (χ1v) is 12.1. The summed E-state index contributed by atoms with van der Waals surface area (Å²) < 4.78 is 13.4. The fourth-order valence-electron chi connectivity index (χ4n) is 5.52. The van der Waals surface area contributed by atoms with Gasteiger partial charge in [0.15, 0.2) is 0 Å². The van der Waals surface area contributed by atoms with Crippen LogP contribution in [0.4, 0.5) is 10.1 Å². The summed E-state index contributed by atoms with van der Waals surface area (Å²) >= 11 is 0. The van der Waals surface area contributed by atoms with Crippen LogP contribution in [-0.2, 0) is 18.3 Å². The van der Waals surface area contributed by atoms with Gasteiger partial charge >= 0.3 is 0 Å². The Bertz CT molecular complexity index is 1220. The van der Waals surface area contributed by atoms with Crippen molar-refractivity contribution in [3.63, 3.8) is 0 Å². The van der Waals surface area contributed by atoms with E-state index in [1.54, 1.807) is 7.05 Å². The van der Waals surface area contributed by atoms with Crippen LogP contribution in [-0.4, -0.2) is 38.7 Å². The number of nitrogens with two attached hydrogens (primary N) is 1. The third-order valence-corrected chi connectivity index (χ3v) is 7.60. The van der Waals surface area contributed by atoms with Crippen molar-refractivity contribution < 1.29 is 4.39 Å². The van der Waals surface area contributed by atoms with E-state index < -0.39 is 6.17 Å². The molecule has 5 heteroatoms. The predicted molar refractivity (Wildman–Crippen MR) is 140 cm³/mol. The molecule has 2 aromatic carbocycles. The second-order valence-electron chi connectivity index (χ2n) is 9.67. The van der Waals surface area contributed by atoms with Crippen LogP contribution < -0.4 is 16.0 Å². The van der Waals surface area contributed by atoms with Crippen LogP contribution in [0.1, 0.15) is 35.6 Å². The van der Waals surface area contributed by atoms with Gasteiger partial charge in [-0.3, -0.25) is 4.99 Å². The molecule has 34 heavy (non-hydrogen) atoms. The van der Waals surface area contributed by atoms with E-state index in [1.807, 2.05) is 6.20 Å². The number of aliphatic imine (C=N–C) groups is 1. The molecule has 3 N–H and O–H groups in total. The van der Waals surface area contributed by atoms with Crippen molar-refractivity contribution in [2.45, 2.75) is 37.8 Å². The van der Waals surface area contributed by atoms with Crippen LogP contribution in [0.2, 0.25) is 0 Å². The molecule has 2 aliphatic heterocycles. The van der Waals surface area contributed by atoms with E-state index in [9.17, 15) is 4.39 Å². The first kappa shape index (κ1) is 22.6. The standard InChI is InChI=1S/C29H33FN4/c1-4-19(2)27(26-10-11-33-28(26)32-3)20-6-5-7-23(12-20)29(18-31)14-21-8-9-25(13-22(21)15-29)34-16-24(30)17-34/h5-13,24H,2,4,14-18,31H2,1,3H3,(H,32,33)/b27-26+. The Labute approximate surface area is 201 Å². The van der Waals surface area contributed by atoms with Crippen LogP contribution in [0.5, 0.6) is 0 Å². The van der Waals surface area contributed by atoms with Gasteiger partial charge in [0.1, 0.15) is 12.0 Å². The molecule has 1 aliphatic carbocycles. The van der Waals surface area contributed by atoms with Gasteiger partial charge in [-0.15, -0.1) is 0 Å². The van der Waals surface area contributed by atoms with Crippen LogP contribution in [0, 0.1) is 0 Å². The number of halogens is 1. The number of nitrogens with one attached hydrogen (secondary N) is 1. The summed E-state index contributed by atoms with van der Waals surface area (Å²) in [7, 11) is 1.80. The molecule has 0 saturated carbocycles. The molecule has 3 aliphatic rings. The minimum atomic E-state index is -0.705. The smallest absolute Gasteiger partial charge is 0.135 e. The fraction of sp³-hybridized carbons (Fsp3) is 0.345. The van der Waals surface area contributed by atoms with Gasteiger partial charge < -0.3 is 16.0 Å². The maximum Gasteiger partial charge on any atom is 0.135 e. The zero-order chi connectivity index (χ0) is 23.9. The largest absolute Gasteiger partial charge is 0.366 e. The Balaban J connectivity index is 1.52. The Hall–Kier alpha value is -3.18. The molecule has 0 spiro atoms. The zero-order valence-corrected chi connectivity index (χ0v) is 20.1. The summed E-state index contributed by atoms with van der Waals surface area (Å²) in [5.74, 6) is 0.867. The molecule has 1 atom stereocenters. The Morgan fingerprint density at radius 2 is 2.00 bits per heavy atom. The van der Waals surface area contributed by atoms with Gasteiger partial charge in [-0.25, -0.2) is 4.39 Å². The molecule has 5 rings (SSSR count). The fourth-order valence-corrected chi connectivity index (χ4v) is 5.52. The average molecular weight is 457 g/mol. The van der Waals surface area contributed by atoms with Crippen molar-refractivity contribution in [1.82, 2.24) is 5.32 Å². The SMILES string of the molecule is C=C(CC)/C(=C1/C=CNC1=NC)c1cccc(C2(CN)Cc3ccc(N4CC(F)C4)cc3C2)c1. The van der Waals surface area contributed by atoms with Crippen LogP contribution in [0.25, 0.3) is 5.57 Å². The summed E-state index contributed by atoms with van der Waals surface area (Å²) in [6, 6.07) is 15.4. The molecule has 0 bridgehead atoms.